The Morgan fingerprint density at radius 3 is 2.58 bits per heavy atom. The standard InChI is InChI=1S/C15H21NO2S/c1-11-5-7-13(8-6-11)19(17)10-14-16-15(3,4)9-12(2)18-14/h5-8,12H,9-10H2,1-4H3. The lowest BCUT2D eigenvalue weighted by atomic mass is 9.97. The molecule has 104 valence electrons. The molecule has 1 aliphatic rings. The first kappa shape index (κ1) is 14.3. The average molecular weight is 279 g/mol. The first-order valence-corrected chi connectivity index (χ1v) is 7.88. The van der Waals surface area contributed by atoms with Crippen molar-refractivity contribution in [3.8, 4) is 0 Å². The molecule has 0 spiro atoms. The summed E-state index contributed by atoms with van der Waals surface area (Å²) in [6.45, 7) is 8.22. The second-order valence-corrected chi connectivity index (χ2v) is 7.20. The zero-order valence-corrected chi connectivity index (χ0v) is 12.8. The van der Waals surface area contributed by atoms with Gasteiger partial charge in [-0.25, -0.2) is 4.99 Å². The molecular weight excluding hydrogens is 258 g/mol. The number of ether oxygens (including phenoxy) is 1. The number of nitrogens with zero attached hydrogens (tertiary/aromatic N) is 1. The number of hydrogen-bond donors (Lipinski definition) is 0. The summed E-state index contributed by atoms with van der Waals surface area (Å²) in [4.78, 5) is 5.38. The summed E-state index contributed by atoms with van der Waals surface area (Å²) in [6.07, 6.45) is 1.03. The van der Waals surface area contributed by atoms with E-state index < -0.39 is 10.8 Å². The van der Waals surface area contributed by atoms with Crippen molar-refractivity contribution in [1.29, 1.82) is 0 Å². The van der Waals surface area contributed by atoms with Crippen molar-refractivity contribution >= 4 is 16.7 Å². The minimum atomic E-state index is -1.09. The van der Waals surface area contributed by atoms with Crippen LogP contribution in [-0.4, -0.2) is 27.5 Å². The van der Waals surface area contributed by atoms with Gasteiger partial charge in [0.1, 0.15) is 5.75 Å². The first-order chi connectivity index (χ1) is 8.85. The molecule has 0 radical (unpaired) electrons. The lowest BCUT2D eigenvalue weighted by molar-refractivity contribution is 0.144. The van der Waals surface area contributed by atoms with E-state index in [1.807, 2.05) is 38.1 Å². The van der Waals surface area contributed by atoms with Gasteiger partial charge in [-0.15, -0.1) is 0 Å². The zero-order valence-electron chi connectivity index (χ0n) is 12.0. The Balaban J connectivity index is 2.10. The van der Waals surface area contributed by atoms with Crippen molar-refractivity contribution < 1.29 is 8.95 Å². The third-order valence-electron chi connectivity index (χ3n) is 3.09. The third kappa shape index (κ3) is 3.90. The van der Waals surface area contributed by atoms with Gasteiger partial charge < -0.3 is 4.74 Å². The second-order valence-electron chi connectivity index (χ2n) is 5.75. The van der Waals surface area contributed by atoms with Gasteiger partial charge in [0.05, 0.1) is 22.4 Å². The summed E-state index contributed by atoms with van der Waals surface area (Å²) in [5.41, 5.74) is 1.05. The molecule has 0 aliphatic carbocycles. The zero-order chi connectivity index (χ0) is 14.0. The smallest absolute Gasteiger partial charge is 0.197 e. The lowest BCUT2D eigenvalue weighted by Gasteiger charge is -2.31. The molecule has 1 aromatic rings. The van der Waals surface area contributed by atoms with Crippen LogP contribution < -0.4 is 0 Å². The Hall–Kier alpha value is -1.16. The highest BCUT2D eigenvalue weighted by Gasteiger charge is 2.28. The van der Waals surface area contributed by atoms with Crippen molar-refractivity contribution in [1.82, 2.24) is 0 Å². The van der Waals surface area contributed by atoms with E-state index in [1.165, 1.54) is 5.56 Å². The Kier molecular flexibility index (Phi) is 4.09. The Bertz CT molecular complexity index is 505. The molecule has 2 rings (SSSR count). The predicted molar refractivity (Wildman–Crippen MR) is 79.1 cm³/mol. The van der Waals surface area contributed by atoms with Gasteiger partial charge in [0.15, 0.2) is 5.90 Å². The molecule has 19 heavy (non-hydrogen) atoms. The number of aryl methyl sites for hydroxylation is 1. The van der Waals surface area contributed by atoms with E-state index in [1.54, 1.807) is 0 Å². The summed E-state index contributed by atoms with van der Waals surface area (Å²) in [7, 11) is -1.09. The average Bonchev–Trinajstić information content (AvgIpc) is 2.26. The van der Waals surface area contributed by atoms with Crippen LogP contribution in [0.3, 0.4) is 0 Å². The molecule has 1 heterocycles. The monoisotopic (exact) mass is 279 g/mol. The molecule has 1 aliphatic heterocycles. The maximum absolute atomic E-state index is 12.3. The maximum Gasteiger partial charge on any atom is 0.197 e. The summed E-state index contributed by atoms with van der Waals surface area (Å²) < 4.78 is 18.0. The van der Waals surface area contributed by atoms with Crippen LogP contribution >= 0.6 is 0 Å². The second kappa shape index (κ2) is 5.45. The van der Waals surface area contributed by atoms with Gasteiger partial charge in [-0.1, -0.05) is 17.7 Å². The number of hydrogen-bond acceptors (Lipinski definition) is 3. The van der Waals surface area contributed by atoms with Gasteiger partial charge >= 0.3 is 0 Å². The Labute approximate surface area is 117 Å². The molecule has 0 bridgehead atoms. The molecule has 0 saturated carbocycles. The van der Waals surface area contributed by atoms with E-state index in [0.717, 1.165) is 11.3 Å². The number of benzene rings is 1. The summed E-state index contributed by atoms with van der Waals surface area (Å²) in [6, 6.07) is 7.76. The summed E-state index contributed by atoms with van der Waals surface area (Å²) >= 11 is 0. The van der Waals surface area contributed by atoms with Crippen molar-refractivity contribution in [3.05, 3.63) is 29.8 Å². The van der Waals surface area contributed by atoms with E-state index in [2.05, 4.69) is 18.8 Å². The normalized spacial score (nSPS) is 23.4. The molecule has 2 atom stereocenters. The summed E-state index contributed by atoms with van der Waals surface area (Å²) in [5, 5.41) is 0. The number of aliphatic imine (C=N–C) groups is 1. The molecule has 3 nitrogen and oxygen atoms in total. The van der Waals surface area contributed by atoms with Crippen molar-refractivity contribution in [2.75, 3.05) is 5.75 Å². The first-order valence-electron chi connectivity index (χ1n) is 6.56. The van der Waals surface area contributed by atoms with Gasteiger partial charge in [0.25, 0.3) is 0 Å². The Morgan fingerprint density at radius 2 is 2.00 bits per heavy atom. The Morgan fingerprint density at radius 1 is 1.37 bits per heavy atom. The van der Waals surface area contributed by atoms with Gasteiger partial charge in [0, 0.05) is 11.3 Å². The van der Waals surface area contributed by atoms with Crippen molar-refractivity contribution in [2.24, 2.45) is 4.99 Å². The highest BCUT2D eigenvalue weighted by Crippen LogP contribution is 2.24. The van der Waals surface area contributed by atoms with Crippen LogP contribution in [0.15, 0.2) is 34.2 Å². The highest BCUT2D eigenvalue weighted by molar-refractivity contribution is 7.85. The topological polar surface area (TPSA) is 38.7 Å². The van der Waals surface area contributed by atoms with E-state index in [0.29, 0.717) is 11.7 Å². The van der Waals surface area contributed by atoms with Gasteiger partial charge in [0.2, 0.25) is 0 Å². The van der Waals surface area contributed by atoms with Crippen LogP contribution in [0, 0.1) is 6.92 Å². The highest BCUT2D eigenvalue weighted by atomic mass is 32.2. The third-order valence-corrected chi connectivity index (χ3v) is 4.40. The maximum atomic E-state index is 12.3. The van der Waals surface area contributed by atoms with E-state index in [-0.39, 0.29) is 11.6 Å². The minimum absolute atomic E-state index is 0.121. The molecule has 0 fully saturated rings. The molecular formula is C15H21NO2S. The minimum Gasteiger partial charge on any atom is -0.477 e. The molecule has 0 N–H and O–H groups in total. The largest absolute Gasteiger partial charge is 0.477 e. The van der Waals surface area contributed by atoms with Crippen molar-refractivity contribution in [3.63, 3.8) is 0 Å². The van der Waals surface area contributed by atoms with Crippen LogP contribution in [0.5, 0.6) is 0 Å². The van der Waals surface area contributed by atoms with E-state index in [9.17, 15) is 4.21 Å². The van der Waals surface area contributed by atoms with E-state index >= 15 is 0 Å². The molecule has 0 aromatic heterocycles. The quantitative estimate of drug-likeness (QED) is 0.853. The fraction of sp³-hybridized carbons (Fsp3) is 0.533. The van der Waals surface area contributed by atoms with Crippen LogP contribution in [0.4, 0.5) is 0 Å². The van der Waals surface area contributed by atoms with Gasteiger partial charge in [-0.2, -0.15) is 0 Å². The van der Waals surface area contributed by atoms with Crippen LogP contribution in [0.25, 0.3) is 0 Å². The summed E-state index contributed by atoms with van der Waals surface area (Å²) in [5.74, 6) is 0.972. The van der Waals surface area contributed by atoms with E-state index in [4.69, 9.17) is 4.74 Å². The van der Waals surface area contributed by atoms with Gasteiger partial charge in [-0.3, -0.25) is 4.21 Å². The predicted octanol–water partition coefficient (Wildman–Crippen LogP) is 3.09. The van der Waals surface area contributed by atoms with Crippen LogP contribution in [0.1, 0.15) is 32.8 Å². The molecule has 1 aromatic carbocycles. The number of rotatable bonds is 3. The van der Waals surface area contributed by atoms with Crippen LogP contribution in [-0.2, 0) is 15.5 Å². The van der Waals surface area contributed by atoms with Crippen LogP contribution in [0.2, 0.25) is 0 Å². The molecule has 0 amide bonds. The lowest BCUT2D eigenvalue weighted by Crippen LogP contribution is -2.35. The molecule has 2 unspecified atom stereocenters. The van der Waals surface area contributed by atoms with Gasteiger partial charge in [-0.05, 0) is 39.8 Å². The molecule has 4 heteroatoms. The van der Waals surface area contributed by atoms with Crippen molar-refractivity contribution in [2.45, 2.75) is 50.7 Å². The molecule has 0 saturated heterocycles. The fourth-order valence-electron chi connectivity index (χ4n) is 2.34. The fourth-order valence-corrected chi connectivity index (χ4v) is 3.30. The SMILES string of the molecule is Cc1ccc(S(=O)CC2=NC(C)(C)CC(C)O2)cc1.